The molecule has 6 rings (SSSR count). The summed E-state index contributed by atoms with van der Waals surface area (Å²) in [6, 6.07) is 7.71. The van der Waals surface area contributed by atoms with E-state index < -0.39 is 11.2 Å². The standard InChI is InChI=1S/C28H32N8O3S/c1-33-11-13-34(14-12-33)23-6-3-18(15-30-23)21-4-5-22-25(31-21)26-20(16-29-22)27(37)32-28(38)36(26)19-7-9-35(10-8-19)24(40)17-39-2/h3-6,15-16,19H,7-14,17H2,1-2H3,(H,32,37,38). The molecule has 2 saturated heterocycles. The Morgan fingerprint density at radius 1 is 1.02 bits per heavy atom. The molecular formula is C28H32N8O3S. The fourth-order valence-electron chi connectivity index (χ4n) is 5.65. The number of hydrogen-bond acceptors (Lipinski definition) is 9. The number of likely N-dealkylation sites (tertiary alicyclic amines) is 1. The highest BCUT2D eigenvalue weighted by Crippen LogP contribution is 2.29. The molecule has 12 heteroatoms. The molecule has 0 aliphatic carbocycles. The number of anilines is 1. The smallest absolute Gasteiger partial charge is 0.329 e. The van der Waals surface area contributed by atoms with Crippen LogP contribution in [-0.2, 0) is 4.74 Å². The predicted octanol–water partition coefficient (Wildman–Crippen LogP) is 2.06. The van der Waals surface area contributed by atoms with Crippen molar-refractivity contribution in [3.63, 3.8) is 0 Å². The Kier molecular flexibility index (Phi) is 7.30. The number of ether oxygens (including phenoxy) is 1. The van der Waals surface area contributed by atoms with Gasteiger partial charge in [0.15, 0.2) is 0 Å². The molecule has 0 radical (unpaired) electrons. The van der Waals surface area contributed by atoms with Crippen molar-refractivity contribution < 1.29 is 4.74 Å². The van der Waals surface area contributed by atoms with Gasteiger partial charge in [0.25, 0.3) is 5.56 Å². The van der Waals surface area contributed by atoms with Crippen molar-refractivity contribution in [1.82, 2.24) is 34.3 Å². The van der Waals surface area contributed by atoms with Gasteiger partial charge in [-0.25, -0.2) is 14.8 Å². The molecule has 0 aromatic carbocycles. The van der Waals surface area contributed by atoms with Gasteiger partial charge in [-0.2, -0.15) is 0 Å². The Bertz CT molecular complexity index is 1670. The zero-order valence-electron chi connectivity index (χ0n) is 22.7. The highest BCUT2D eigenvalue weighted by molar-refractivity contribution is 7.80. The second kappa shape index (κ2) is 11.0. The van der Waals surface area contributed by atoms with Crippen LogP contribution in [0.2, 0.25) is 0 Å². The van der Waals surface area contributed by atoms with E-state index in [2.05, 4.69) is 31.7 Å². The third-order valence-corrected chi connectivity index (χ3v) is 8.31. The number of pyridine rings is 3. The molecule has 4 aromatic heterocycles. The monoisotopic (exact) mass is 560 g/mol. The van der Waals surface area contributed by atoms with Crippen LogP contribution in [0.25, 0.3) is 33.2 Å². The second-order valence-corrected chi connectivity index (χ2v) is 10.9. The first kappa shape index (κ1) is 26.5. The third-order valence-electron chi connectivity index (χ3n) is 7.93. The van der Waals surface area contributed by atoms with E-state index in [0.29, 0.717) is 60.2 Å². The number of hydrogen-bond donors (Lipinski definition) is 1. The lowest BCUT2D eigenvalue weighted by Crippen LogP contribution is -2.44. The SMILES string of the molecule is COCC(=S)N1CCC(n2c(=O)[nH]c(=O)c3cnc4ccc(-c5ccc(N6CCN(C)CC6)nc5)nc4c32)CC1. The maximum atomic E-state index is 13.3. The minimum atomic E-state index is -0.463. The number of fused-ring (bicyclic) bond motifs is 3. The molecule has 0 unspecified atom stereocenters. The molecule has 0 bridgehead atoms. The van der Waals surface area contributed by atoms with E-state index in [1.165, 1.54) is 6.20 Å². The van der Waals surface area contributed by atoms with Crippen LogP contribution in [-0.4, -0.2) is 99.3 Å². The molecule has 4 aromatic rings. The minimum Gasteiger partial charge on any atom is -0.378 e. The molecule has 208 valence electrons. The average molecular weight is 561 g/mol. The lowest BCUT2D eigenvalue weighted by molar-refractivity contribution is 0.215. The highest BCUT2D eigenvalue weighted by atomic mass is 32.1. The number of rotatable bonds is 5. The van der Waals surface area contributed by atoms with Crippen molar-refractivity contribution in [3.8, 4) is 11.3 Å². The molecule has 11 nitrogen and oxygen atoms in total. The molecule has 2 fully saturated rings. The lowest BCUT2D eigenvalue weighted by atomic mass is 10.0. The molecule has 0 atom stereocenters. The first-order chi connectivity index (χ1) is 19.4. The summed E-state index contributed by atoms with van der Waals surface area (Å²) >= 11 is 5.48. The van der Waals surface area contributed by atoms with Crippen LogP contribution < -0.4 is 16.1 Å². The van der Waals surface area contributed by atoms with Crippen LogP contribution in [0.15, 0.2) is 46.2 Å². The van der Waals surface area contributed by atoms with Gasteiger partial charge in [0.2, 0.25) is 0 Å². The summed E-state index contributed by atoms with van der Waals surface area (Å²) in [5, 5.41) is 0.345. The fraction of sp³-hybridized carbons (Fsp3) is 0.429. The van der Waals surface area contributed by atoms with Gasteiger partial charge in [0.05, 0.1) is 28.7 Å². The van der Waals surface area contributed by atoms with Gasteiger partial charge < -0.3 is 19.4 Å². The van der Waals surface area contributed by atoms with E-state index >= 15 is 0 Å². The van der Waals surface area contributed by atoms with Gasteiger partial charge >= 0.3 is 5.69 Å². The van der Waals surface area contributed by atoms with E-state index in [1.807, 2.05) is 30.5 Å². The topological polar surface area (TPSA) is 112 Å². The van der Waals surface area contributed by atoms with Crippen LogP contribution in [0, 0.1) is 0 Å². The first-order valence-electron chi connectivity index (χ1n) is 13.5. The normalized spacial score (nSPS) is 17.1. The van der Waals surface area contributed by atoms with E-state index in [0.717, 1.165) is 42.5 Å². The molecule has 40 heavy (non-hydrogen) atoms. The molecular weight excluding hydrogens is 528 g/mol. The minimum absolute atomic E-state index is 0.117. The quantitative estimate of drug-likeness (QED) is 0.288. The highest BCUT2D eigenvalue weighted by Gasteiger charge is 2.26. The summed E-state index contributed by atoms with van der Waals surface area (Å²) in [7, 11) is 3.76. The summed E-state index contributed by atoms with van der Waals surface area (Å²) < 4.78 is 6.89. The van der Waals surface area contributed by atoms with E-state index in [4.69, 9.17) is 26.9 Å². The Morgan fingerprint density at radius 3 is 2.50 bits per heavy atom. The first-order valence-corrected chi connectivity index (χ1v) is 13.9. The van der Waals surface area contributed by atoms with Gasteiger partial charge in [0.1, 0.15) is 16.3 Å². The van der Waals surface area contributed by atoms with Crippen LogP contribution >= 0.6 is 12.2 Å². The molecule has 0 amide bonds. The Balaban J connectivity index is 1.38. The number of piperazine rings is 1. The summed E-state index contributed by atoms with van der Waals surface area (Å²) in [6.45, 7) is 5.70. The zero-order chi connectivity index (χ0) is 27.8. The third kappa shape index (κ3) is 4.98. The van der Waals surface area contributed by atoms with Crippen LogP contribution in [0.3, 0.4) is 0 Å². The molecule has 6 heterocycles. The predicted molar refractivity (Wildman–Crippen MR) is 159 cm³/mol. The molecule has 2 aliphatic heterocycles. The van der Waals surface area contributed by atoms with E-state index in [-0.39, 0.29) is 6.04 Å². The van der Waals surface area contributed by atoms with Crippen LogP contribution in [0.1, 0.15) is 18.9 Å². The van der Waals surface area contributed by atoms with E-state index in [1.54, 1.807) is 11.7 Å². The van der Waals surface area contributed by atoms with Gasteiger partial charge in [-0.15, -0.1) is 0 Å². The number of methoxy groups -OCH3 is 1. The molecule has 2 aliphatic rings. The van der Waals surface area contributed by atoms with Crippen molar-refractivity contribution in [3.05, 3.63) is 57.5 Å². The molecule has 1 N–H and O–H groups in total. The summed E-state index contributed by atoms with van der Waals surface area (Å²) in [5.41, 5.74) is 2.33. The molecule has 0 saturated carbocycles. The summed E-state index contributed by atoms with van der Waals surface area (Å²) in [5.74, 6) is 0.946. The Morgan fingerprint density at radius 2 is 1.80 bits per heavy atom. The zero-order valence-corrected chi connectivity index (χ0v) is 23.5. The van der Waals surface area contributed by atoms with Gasteiger partial charge in [-0.3, -0.25) is 19.3 Å². The second-order valence-electron chi connectivity index (χ2n) is 10.5. The largest absolute Gasteiger partial charge is 0.378 e. The maximum absolute atomic E-state index is 13.3. The number of nitrogens with zero attached hydrogens (tertiary/aromatic N) is 7. The lowest BCUT2D eigenvalue weighted by Gasteiger charge is -2.34. The fourth-order valence-corrected chi connectivity index (χ4v) is 5.95. The van der Waals surface area contributed by atoms with Gasteiger partial charge in [-0.05, 0) is 44.2 Å². The average Bonchev–Trinajstić information content (AvgIpc) is 2.98. The van der Waals surface area contributed by atoms with Crippen molar-refractivity contribution in [2.75, 3.05) is 64.9 Å². The number of piperidine rings is 1. The Hall–Kier alpha value is -3.74. The molecule has 0 spiro atoms. The van der Waals surface area contributed by atoms with E-state index in [9.17, 15) is 9.59 Å². The number of H-pyrrole nitrogens is 1. The maximum Gasteiger partial charge on any atom is 0.329 e. The number of likely N-dealkylation sites (N-methyl/N-ethyl adjacent to an activating group) is 1. The number of aromatic amines is 1. The number of aromatic nitrogens is 5. The van der Waals surface area contributed by atoms with Crippen molar-refractivity contribution in [1.29, 1.82) is 0 Å². The van der Waals surface area contributed by atoms with Crippen molar-refractivity contribution in [2.24, 2.45) is 0 Å². The van der Waals surface area contributed by atoms with Crippen LogP contribution in [0.5, 0.6) is 0 Å². The number of nitrogens with one attached hydrogen (secondary N) is 1. The van der Waals surface area contributed by atoms with Gasteiger partial charge in [0, 0.05) is 70.4 Å². The van der Waals surface area contributed by atoms with Crippen LogP contribution in [0.4, 0.5) is 5.82 Å². The van der Waals surface area contributed by atoms with Gasteiger partial charge in [-0.1, -0.05) is 12.2 Å². The number of thiocarbonyl (C=S) groups is 1. The summed E-state index contributed by atoms with van der Waals surface area (Å²) in [6.07, 6.45) is 4.76. The Labute approximate surface area is 236 Å². The van der Waals surface area contributed by atoms with Crippen molar-refractivity contribution in [2.45, 2.75) is 18.9 Å². The summed E-state index contributed by atoms with van der Waals surface area (Å²) in [4.78, 5) is 50.2. The van der Waals surface area contributed by atoms with Crippen molar-refractivity contribution >= 4 is 45.0 Å².